The minimum Gasteiger partial charge on any atom is -0.322 e. The highest BCUT2D eigenvalue weighted by Gasteiger charge is 2.14. The Labute approximate surface area is 116 Å². The maximum atomic E-state index is 12.1. The Hall–Kier alpha value is -1.55. The van der Waals surface area contributed by atoms with Crippen LogP contribution >= 0.6 is 0 Å². The van der Waals surface area contributed by atoms with Crippen molar-refractivity contribution in [1.82, 2.24) is 10.2 Å². The SMILES string of the molecule is CCN(C(=O)Nc1ccc(C(C)NC)cc1)C(C)C. The molecule has 0 saturated carbocycles. The third kappa shape index (κ3) is 4.24. The van der Waals surface area contributed by atoms with E-state index in [9.17, 15) is 4.79 Å². The summed E-state index contributed by atoms with van der Waals surface area (Å²) in [5, 5.41) is 6.11. The number of hydrogen-bond acceptors (Lipinski definition) is 2. The molecule has 0 fully saturated rings. The number of carbonyl (C=O) groups is 1. The zero-order chi connectivity index (χ0) is 14.4. The van der Waals surface area contributed by atoms with Crippen LogP contribution in [0.4, 0.5) is 10.5 Å². The Morgan fingerprint density at radius 3 is 2.21 bits per heavy atom. The molecule has 0 aliphatic carbocycles. The number of hydrogen-bond donors (Lipinski definition) is 2. The monoisotopic (exact) mass is 263 g/mol. The first-order chi connectivity index (χ1) is 8.99. The van der Waals surface area contributed by atoms with E-state index in [1.54, 1.807) is 4.90 Å². The number of rotatable bonds is 5. The molecule has 1 aromatic carbocycles. The second-order valence-corrected chi connectivity index (χ2v) is 4.94. The van der Waals surface area contributed by atoms with Gasteiger partial charge in [0, 0.05) is 24.3 Å². The molecule has 1 aromatic rings. The van der Waals surface area contributed by atoms with E-state index in [1.165, 1.54) is 5.56 Å². The third-order valence-electron chi connectivity index (χ3n) is 3.32. The van der Waals surface area contributed by atoms with E-state index in [-0.39, 0.29) is 12.1 Å². The molecule has 1 unspecified atom stereocenters. The fraction of sp³-hybridized carbons (Fsp3) is 0.533. The van der Waals surface area contributed by atoms with E-state index in [4.69, 9.17) is 0 Å². The highest BCUT2D eigenvalue weighted by Crippen LogP contribution is 2.16. The summed E-state index contributed by atoms with van der Waals surface area (Å²) in [6, 6.07) is 8.41. The quantitative estimate of drug-likeness (QED) is 0.856. The Morgan fingerprint density at radius 2 is 1.79 bits per heavy atom. The molecule has 2 amide bonds. The number of nitrogens with one attached hydrogen (secondary N) is 2. The van der Waals surface area contributed by atoms with Gasteiger partial charge in [-0.05, 0) is 52.4 Å². The van der Waals surface area contributed by atoms with Gasteiger partial charge in [-0.3, -0.25) is 0 Å². The molecule has 4 heteroatoms. The molecular weight excluding hydrogens is 238 g/mol. The van der Waals surface area contributed by atoms with E-state index in [1.807, 2.05) is 52.1 Å². The van der Waals surface area contributed by atoms with E-state index in [2.05, 4.69) is 17.6 Å². The van der Waals surface area contributed by atoms with Gasteiger partial charge in [-0.2, -0.15) is 0 Å². The smallest absolute Gasteiger partial charge is 0.322 e. The molecule has 0 saturated heterocycles. The number of carbonyl (C=O) groups excluding carboxylic acids is 1. The highest BCUT2D eigenvalue weighted by molar-refractivity contribution is 5.89. The second-order valence-electron chi connectivity index (χ2n) is 4.94. The van der Waals surface area contributed by atoms with Crippen LogP contribution in [0.5, 0.6) is 0 Å². The van der Waals surface area contributed by atoms with Crippen LogP contribution in [-0.2, 0) is 0 Å². The average Bonchev–Trinajstić information content (AvgIpc) is 2.39. The summed E-state index contributed by atoms with van der Waals surface area (Å²) in [6.45, 7) is 8.82. The zero-order valence-electron chi connectivity index (χ0n) is 12.5. The summed E-state index contributed by atoms with van der Waals surface area (Å²) in [5.74, 6) is 0. The minimum atomic E-state index is -0.0492. The van der Waals surface area contributed by atoms with Crippen molar-refractivity contribution in [2.45, 2.75) is 39.8 Å². The first kappa shape index (κ1) is 15.5. The van der Waals surface area contributed by atoms with Crippen molar-refractivity contribution in [3.05, 3.63) is 29.8 Å². The molecule has 0 radical (unpaired) electrons. The van der Waals surface area contributed by atoms with Crippen LogP contribution < -0.4 is 10.6 Å². The van der Waals surface area contributed by atoms with Gasteiger partial charge in [-0.1, -0.05) is 12.1 Å². The predicted molar refractivity (Wildman–Crippen MR) is 80.5 cm³/mol. The summed E-state index contributed by atoms with van der Waals surface area (Å²) in [4.78, 5) is 13.9. The van der Waals surface area contributed by atoms with Crippen LogP contribution in [0.3, 0.4) is 0 Å². The molecule has 1 rings (SSSR count). The van der Waals surface area contributed by atoms with Gasteiger partial charge in [-0.25, -0.2) is 4.79 Å². The van der Waals surface area contributed by atoms with Crippen molar-refractivity contribution < 1.29 is 4.79 Å². The van der Waals surface area contributed by atoms with Gasteiger partial charge in [0.2, 0.25) is 0 Å². The first-order valence-electron chi connectivity index (χ1n) is 6.84. The molecule has 1 atom stereocenters. The summed E-state index contributed by atoms with van der Waals surface area (Å²) < 4.78 is 0. The number of urea groups is 1. The molecule has 0 aromatic heterocycles. The number of anilines is 1. The van der Waals surface area contributed by atoms with Gasteiger partial charge < -0.3 is 15.5 Å². The van der Waals surface area contributed by atoms with Gasteiger partial charge in [0.15, 0.2) is 0 Å². The van der Waals surface area contributed by atoms with E-state index >= 15 is 0 Å². The molecule has 0 aliphatic rings. The van der Waals surface area contributed by atoms with Crippen molar-refractivity contribution in [2.75, 3.05) is 18.9 Å². The zero-order valence-corrected chi connectivity index (χ0v) is 12.5. The van der Waals surface area contributed by atoms with Gasteiger partial charge >= 0.3 is 6.03 Å². The van der Waals surface area contributed by atoms with E-state index < -0.39 is 0 Å². The lowest BCUT2D eigenvalue weighted by molar-refractivity contribution is 0.201. The molecule has 0 aliphatic heterocycles. The van der Waals surface area contributed by atoms with Crippen LogP contribution in [0.2, 0.25) is 0 Å². The Balaban J connectivity index is 2.70. The van der Waals surface area contributed by atoms with Crippen LogP contribution in [0.1, 0.15) is 39.3 Å². The van der Waals surface area contributed by atoms with Gasteiger partial charge in [0.25, 0.3) is 0 Å². The fourth-order valence-electron chi connectivity index (χ4n) is 1.96. The third-order valence-corrected chi connectivity index (χ3v) is 3.32. The summed E-state index contributed by atoms with van der Waals surface area (Å²) >= 11 is 0. The Bertz CT molecular complexity index is 400. The fourth-order valence-corrected chi connectivity index (χ4v) is 1.96. The van der Waals surface area contributed by atoms with Gasteiger partial charge in [0.05, 0.1) is 0 Å². The maximum absolute atomic E-state index is 12.1. The Morgan fingerprint density at radius 1 is 1.21 bits per heavy atom. The van der Waals surface area contributed by atoms with E-state index in [0.29, 0.717) is 12.6 Å². The summed E-state index contributed by atoms with van der Waals surface area (Å²) in [5.41, 5.74) is 2.04. The van der Waals surface area contributed by atoms with E-state index in [0.717, 1.165) is 5.69 Å². The maximum Gasteiger partial charge on any atom is 0.322 e. The second kappa shape index (κ2) is 7.14. The number of nitrogens with zero attached hydrogens (tertiary/aromatic N) is 1. The topological polar surface area (TPSA) is 44.4 Å². The predicted octanol–water partition coefficient (Wildman–Crippen LogP) is 3.23. The van der Waals surface area contributed by atoms with Crippen molar-refractivity contribution >= 4 is 11.7 Å². The molecule has 19 heavy (non-hydrogen) atoms. The average molecular weight is 263 g/mol. The van der Waals surface area contributed by atoms with Crippen LogP contribution in [-0.4, -0.2) is 30.6 Å². The summed E-state index contributed by atoms with van der Waals surface area (Å²) in [7, 11) is 1.93. The molecule has 2 N–H and O–H groups in total. The largest absolute Gasteiger partial charge is 0.322 e. The highest BCUT2D eigenvalue weighted by atomic mass is 16.2. The van der Waals surface area contributed by atoms with Gasteiger partial charge in [-0.15, -0.1) is 0 Å². The number of benzene rings is 1. The Kier molecular flexibility index (Phi) is 5.83. The van der Waals surface area contributed by atoms with Crippen molar-refractivity contribution in [2.24, 2.45) is 0 Å². The standard InChI is InChI=1S/C15H25N3O/c1-6-18(11(2)3)15(19)17-14-9-7-13(8-10-14)12(4)16-5/h7-12,16H,6H2,1-5H3,(H,17,19). The minimum absolute atomic E-state index is 0.0492. The lowest BCUT2D eigenvalue weighted by Crippen LogP contribution is -2.39. The molecule has 0 heterocycles. The summed E-state index contributed by atoms with van der Waals surface area (Å²) in [6.07, 6.45) is 0. The van der Waals surface area contributed by atoms with Crippen LogP contribution in [0.15, 0.2) is 24.3 Å². The van der Waals surface area contributed by atoms with Gasteiger partial charge in [0.1, 0.15) is 0 Å². The lowest BCUT2D eigenvalue weighted by Gasteiger charge is -2.25. The normalized spacial score (nSPS) is 12.3. The molecule has 106 valence electrons. The first-order valence-corrected chi connectivity index (χ1v) is 6.84. The van der Waals surface area contributed by atoms with Crippen LogP contribution in [0, 0.1) is 0 Å². The van der Waals surface area contributed by atoms with Crippen molar-refractivity contribution in [3.8, 4) is 0 Å². The lowest BCUT2D eigenvalue weighted by atomic mass is 10.1. The van der Waals surface area contributed by atoms with Crippen molar-refractivity contribution in [1.29, 1.82) is 0 Å². The molecular formula is C15H25N3O. The molecule has 4 nitrogen and oxygen atoms in total. The van der Waals surface area contributed by atoms with Crippen molar-refractivity contribution in [3.63, 3.8) is 0 Å². The molecule has 0 bridgehead atoms. The van der Waals surface area contributed by atoms with Crippen LogP contribution in [0.25, 0.3) is 0 Å². The molecule has 0 spiro atoms. The number of amides is 2.